The minimum atomic E-state index is -0.521. The molecule has 0 aliphatic carbocycles. The first kappa shape index (κ1) is 12.6. The summed E-state index contributed by atoms with van der Waals surface area (Å²) >= 11 is 0. The summed E-state index contributed by atoms with van der Waals surface area (Å²) in [7, 11) is 0. The Hall–Kier alpha value is -2.40. The zero-order valence-electron chi connectivity index (χ0n) is 10.7. The van der Waals surface area contributed by atoms with Gasteiger partial charge in [0.2, 0.25) is 0 Å². The summed E-state index contributed by atoms with van der Waals surface area (Å²) in [6, 6.07) is 14.0. The Kier molecular flexibility index (Phi) is 3.12. The predicted molar refractivity (Wildman–Crippen MR) is 75.5 cm³/mol. The molecule has 20 heavy (non-hydrogen) atoms. The molecule has 102 valence electrons. The second-order valence-corrected chi connectivity index (χ2v) is 4.88. The van der Waals surface area contributed by atoms with Gasteiger partial charge in [-0.05, 0) is 11.6 Å². The van der Waals surface area contributed by atoms with E-state index < -0.39 is 11.0 Å². The van der Waals surface area contributed by atoms with Gasteiger partial charge in [0.25, 0.3) is 5.69 Å². The third-order valence-electron chi connectivity index (χ3n) is 3.61. The Bertz CT molecular complexity index is 640. The van der Waals surface area contributed by atoms with Gasteiger partial charge in [-0.3, -0.25) is 10.1 Å². The number of aliphatic hydroxyl groups excluding tert-OH is 1. The Balaban J connectivity index is 1.88. The van der Waals surface area contributed by atoms with Gasteiger partial charge < -0.3 is 10.4 Å². The van der Waals surface area contributed by atoms with Crippen molar-refractivity contribution < 1.29 is 10.0 Å². The van der Waals surface area contributed by atoms with Crippen molar-refractivity contribution in [2.24, 2.45) is 0 Å². The number of non-ortho nitro benzene ring substituents is 1. The highest BCUT2D eigenvalue weighted by Crippen LogP contribution is 2.38. The maximum Gasteiger partial charge on any atom is 0.269 e. The van der Waals surface area contributed by atoms with Crippen molar-refractivity contribution >= 4 is 11.4 Å². The van der Waals surface area contributed by atoms with Gasteiger partial charge in [-0.2, -0.15) is 0 Å². The molecule has 3 rings (SSSR count). The van der Waals surface area contributed by atoms with Gasteiger partial charge in [-0.15, -0.1) is 0 Å². The van der Waals surface area contributed by atoms with Crippen LogP contribution in [0.4, 0.5) is 11.4 Å². The molecule has 2 N–H and O–H groups in total. The van der Waals surface area contributed by atoms with Crippen LogP contribution >= 0.6 is 0 Å². The van der Waals surface area contributed by atoms with E-state index in [2.05, 4.69) is 5.32 Å². The van der Waals surface area contributed by atoms with Crippen LogP contribution in [0.25, 0.3) is 0 Å². The van der Waals surface area contributed by atoms with E-state index in [1.165, 1.54) is 12.1 Å². The van der Waals surface area contributed by atoms with Crippen LogP contribution in [0.15, 0.2) is 48.5 Å². The van der Waals surface area contributed by atoms with Crippen molar-refractivity contribution in [2.75, 3.05) is 5.32 Å². The van der Waals surface area contributed by atoms with E-state index in [9.17, 15) is 15.2 Å². The van der Waals surface area contributed by atoms with Crippen LogP contribution < -0.4 is 5.32 Å². The van der Waals surface area contributed by atoms with E-state index in [-0.39, 0.29) is 11.7 Å². The van der Waals surface area contributed by atoms with E-state index in [0.717, 1.165) is 16.8 Å². The third-order valence-corrected chi connectivity index (χ3v) is 3.61. The summed E-state index contributed by atoms with van der Waals surface area (Å²) in [6.45, 7) is 0. The minimum absolute atomic E-state index is 0.0410. The Morgan fingerprint density at radius 2 is 1.85 bits per heavy atom. The molecule has 2 aromatic carbocycles. The number of anilines is 1. The lowest BCUT2D eigenvalue weighted by Gasteiger charge is -2.30. The number of hydrogen-bond acceptors (Lipinski definition) is 4. The standard InChI is InChI=1S/C15H14N2O3/c18-15-9-14(16-13-4-2-1-3-12(13)15)10-5-7-11(8-6-10)17(19)20/h1-8,14-16,18H,9H2. The number of benzene rings is 2. The smallest absolute Gasteiger partial charge is 0.269 e. The number of para-hydroxylation sites is 1. The lowest BCUT2D eigenvalue weighted by molar-refractivity contribution is -0.384. The molecule has 5 heteroatoms. The van der Waals surface area contributed by atoms with Crippen LogP contribution in [0.5, 0.6) is 0 Å². The summed E-state index contributed by atoms with van der Waals surface area (Å²) in [5.74, 6) is 0. The third kappa shape index (κ3) is 2.23. The molecule has 0 saturated carbocycles. The quantitative estimate of drug-likeness (QED) is 0.649. The number of nitrogens with one attached hydrogen (secondary N) is 1. The zero-order valence-corrected chi connectivity index (χ0v) is 10.7. The van der Waals surface area contributed by atoms with E-state index in [0.29, 0.717) is 6.42 Å². The molecule has 0 amide bonds. The maximum atomic E-state index is 10.7. The molecular weight excluding hydrogens is 256 g/mol. The predicted octanol–water partition coefficient (Wildman–Crippen LogP) is 3.19. The van der Waals surface area contributed by atoms with Crippen LogP contribution in [-0.4, -0.2) is 10.0 Å². The molecule has 5 nitrogen and oxygen atoms in total. The fraction of sp³-hybridized carbons (Fsp3) is 0.200. The summed E-state index contributed by atoms with van der Waals surface area (Å²) in [4.78, 5) is 10.2. The molecule has 0 fully saturated rings. The zero-order chi connectivity index (χ0) is 14.1. The molecule has 2 aromatic rings. The highest BCUT2D eigenvalue weighted by molar-refractivity contribution is 5.56. The molecular formula is C15H14N2O3. The number of fused-ring (bicyclic) bond motifs is 1. The first-order chi connectivity index (χ1) is 9.65. The molecule has 0 saturated heterocycles. The van der Waals surface area contributed by atoms with Crippen LogP contribution in [0, 0.1) is 10.1 Å². The number of nitrogens with zero attached hydrogens (tertiary/aromatic N) is 1. The second-order valence-electron chi connectivity index (χ2n) is 4.88. The molecule has 2 unspecified atom stereocenters. The molecule has 0 bridgehead atoms. The lowest BCUT2D eigenvalue weighted by atomic mass is 9.91. The average Bonchev–Trinajstić information content (AvgIpc) is 2.47. The van der Waals surface area contributed by atoms with Gasteiger partial charge in [-0.1, -0.05) is 30.3 Å². The van der Waals surface area contributed by atoms with Crippen molar-refractivity contribution in [1.29, 1.82) is 0 Å². The first-order valence-electron chi connectivity index (χ1n) is 6.43. The van der Waals surface area contributed by atoms with Gasteiger partial charge >= 0.3 is 0 Å². The fourth-order valence-electron chi connectivity index (χ4n) is 2.56. The second kappa shape index (κ2) is 4.94. The van der Waals surface area contributed by atoms with E-state index >= 15 is 0 Å². The monoisotopic (exact) mass is 270 g/mol. The largest absolute Gasteiger partial charge is 0.388 e. The highest BCUT2D eigenvalue weighted by atomic mass is 16.6. The minimum Gasteiger partial charge on any atom is -0.388 e. The summed E-state index contributed by atoms with van der Waals surface area (Å²) in [6.07, 6.45) is 0.0297. The number of nitro groups is 1. The average molecular weight is 270 g/mol. The molecule has 0 aromatic heterocycles. The first-order valence-corrected chi connectivity index (χ1v) is 6.43. The van der Waals surface area contributed by atoms with Crippen molar-refractivity contribution in [3.8, 4) is 0 Å². The van der Waals surface area contributed by atoms with Gasteiger partial charge in [0, 0.05) is 29.8 Å². The normalized spacial score (nSPS) is 20.9. The van der Waals surface area contributed by atoms with Crippen LogP contribution in [0.2, 0.25) is 0 Å². The molecule has 1 heterocycles. The van der Waals surface area contributed by atoms with Gasteiger partial charge in [0.15, 0.2) is 0 Å². The molecule has 0 spiro atoms. The molecule has 1 aliphatic rings. The molecule has 2 atom stereocenters. The van der Waals surface area contributed by atoms with Crippen LogP contribution in [0.1, 0.15) is 29.7 Å². The SMILES string of the molecule is O=[N+]([O-])c1ccc(C2CC(O)c3ccccc3N2)cc1. The van der Waals surface area contributed by atoms with E-state index in [1.54, 1.807) is 12.1 Å². The Morgan fingerprint density at radius 3 is 2.55 bits per heavy atom. The van der Waals surface area contributed by atoms with E-state index in [1.807, 2.05) is 24.3 Å². The number of rotatable bonds is 2. The van der Waals surface area contributed by atoms with Gasteiger partial charge in [-0.25, -0.2) is 0 Å². The van der Waals surface area contributed by atoms with Crippen LogP contribution in [-0.2, 0) is 0 Å². The summed E-state index contributed by atoms with van der Waals surface area (Å²) < 4.78 is 0. The Morgan fingerprint density at radius 1 is 1.15 bits per heavy atom. The lowest BCUT2D eigenvalue weighted by Crippen LogP contribution is -2.21. The molecule has 1 aliphatic heterocycles. The van der Waals surface area contributed by atoms with Gasteiger partial charge in [0.05, 0.1) is 17.1 Å². The molecule has 0 radical (unpaired) electrons. The van der Waals surface area contributed by atoms with Crippen molar-refractivity contribution in [3.63, 3.8) is 0 Å². The highest BCUT2D eigenvalue weighted by Gasteiger charge is 2.25. The summed E-state index contributed by atoms with van der Waals surface area (Å²) in [5.41, 5.74) is 2.81. The maximum absolute atomic E-state index is 10.7. The number of hydrogen-bond donors (Lipinski definition) is 2. The topological polar surface area (TPSA) is 75.4 Å². The van der Waals surface area contributed by atoms with Crippen molar-refractivity contribution in [1.82, 2.24) is 0 Å². The fourth-order valence-corrected chi connectivity index (χ4v) is 2.56. The summed E-state index contributed by atoms with van der Waals surface area (Å²) in [5, 5.41) is 24.2. The number of aliphatic hydroxyl groups is 1. The van der Waals surface area contributed by atoms with Crippen LogP contribution in [0.3, 0.4) is 0 Å². The van der Waals surface area contributed by atoms with E-state index in [4.69, 9.17) is 0 Å². The Labute approximate surface area is 116 Å². The van der Waals surface area contributed by atoms with Crippen molar-refractivity contribution in [3.05, 3.63) is 69.8 Å². The number of nitro benzene ring substituents is 1. The van der Waals surface area contributed by atoms with Gasteiger partial charge in [0.1, 0.15) is 0 Å². The van der Waals surface area contributed by atoms with Crippen molar-refractivity contribution in [2.45, 2.75) is 18.6 Å².